The fraction of sp³-hybridized carbons (Fsp3) is 0.636. The highest BCUT2D eigenvalue weighted by Gasteiger charge is 2.43. The Bertz CT molecular complexity index is 962. The highest BCUT2D eigenvalue weighted by atomic mass is 31.3. The van der Waals surface area contributed by atoms with Crippen LogP contribution in [-0.4, -0.2) is 64.3 Å². The molecule has 20 heteroatoms. The zero-order valence-electron chi connectivity index (χ0n) is 16.0. The van der Waals surface area contributed by atoms with Crippen LogP contribution in [0.1, 0.15) is 20.1 Å². The van der Waals surface area contributed by atoms with Crippen molar-refractivity contribution < 1.29 is 61.4 Å². The molecule has 0 fully saturated rings. The summed E-state index contributed by atoms with van der Waals surface area (Å²) in [7, 11) is -16.8. The standard InChI is InChI=1S/C11H22N3O14P3/c1-7(16)11(2,26-9(5-15)14-4-3-8(12)13-10(14)17)6-25-30(21,22)28-31(23,24)27-29(18,19)20/h3-4,7,9,15-16H,5-6H2,1-2H3,(H,21,22)(H,23,24)(H2,12,13,17)(H2,18,19,20)/t7-,9?,11?/m0/s1. The summed E-state index contributed by atoms with van der Waals surface area (Å²) in [5.74, 6) is -0.121. The number of aliphatic hydroxyl groups is 2. The molecule has 0 bridgehead atoms. The molecule has 17 nitrogen and oxygen atoms in total. The van der Waals surface area contributed by atoms with Crippen molar-refractivity contribution in [3.63, 3.8) is 0 Å². The number of nitrogens with two attached hydrogens (primary N) is 1. The normalized spacial score (nSPS) is 20.3. The zero-order chi connectivity index (χ0) is 24.3. The summed E-state index contributed by atoms with van der Waals surface area (Å²) >= 11 is 0. The zero-order valence-corrected chi connectivity index (χ0v) is 18.7. The van der Waals surface area contributed by atoms with E-state index in [4.69, 9.17) is 25.2 Å². The Hall–Kier alpha value is -1.03. The number of hydrogen-bond acceptors (Lipinski definition) is 12. The third-order valence-electron chi connectivity index (χ3n) is 3.54. The molecule has 1 aromatic rings. The lowest BCUT2D eigenvalue weighted by Crippen LogP contribution is -2.48. The van der Waals surface area contributed by atoms with E-state index < -0.39 is 60.3 Å². The van der Waals surface area contributed by atoms with Crippen molar-refractivity contribution >= 4 is 29.3 Å². The van der Waals surface area contributed by atoms with Gasteiger partial charge in [0.15, 0.2) is 6.23 Å². The van der Waals surface area contributed by atoms with Crippen molar-refractivity contribution in [2.24, 2.45) is 0 Å². The third-order valence-corrected chi connectivity index (χ3v) is 7.32. The van der Waals surface area contributed by atoms with E-state index in [2.05, 4.69) is 18.1 Å². The Morgan fingerprint density at radius 1 is 1.19 bits per heavy atom. The first-order chi connectivity index (χ1) is 13.9. The quantitative estimate of drug-likeness (QED) is 0.162. The van der Waals surface area contributed by atoms with E-state index in [1.165, 1.54) is 6.07 Å². The molecule has 0 spiro atoms. The van der Waals surface area contributed by atoms with Crippen molar-refractivity contribution in [1.82, 2.24) is 9.55 Å². The predicted molar refractivity (Wildman–Crippen MR) is 100 cm³/mol. The summed E-state index contributed by atoms with van der Waals surface area (Å²) in [6.07, 6.45) is -1.85. The van der Waals surface area contributed by atoms with E-state index >= 15 is 0 Å². The molecular formula is C11H22N3O14P3. The van der Waals surface area contributed by atoms with Gasteiger partial charge in [0.05, 0.1) is 19.3 Å². The fourth-order valence-corrected chi connectivity index (χ4v) is 5.02. The molecule has 0 aliphatic carbocycles. The van der Waals surface area contributed by atoms with Crippen molar-refractivity contribution in [2.75, 3.05) is 18.9 Å². The molecule has 5 atom stereocenters. The van der Waals surface area contributed by atoms with Gasteiger partial charge in [0, 0.05) is 6.20 Å². The maximum atomic E-state index is 11.9. The predicted octanol–water partition coefficient (Wildman–Crippen LogP) is -1.18. The lowest BCUT2D eigenvalue weighted by molar-refractivity contribution is -0.191. The van der Waals surface area contributed by atoms with E-state index in [0.29, 0.717) is 0 Å². The van der Waals surface area contributed by atoms with Gasteiger partial charge in [-0.3, -0.25) is 9.09 Å². The van der Waals surface area contributed by atoms with Gasteiger partial charge < -0.3 is 40.3 Å². The summed E-state index contributed by atoms with van der Waals surface area (Å²) in [5, 5.41) is 19.6. The lowest BCUT2D eigenvalue weighted by Gasteiger charge is -2.36. The SMILES string of the molecule is C[C@H](O)C(C)(COP(=O)(O)OP(=O)(O)OP(=O)(O)O)OC(CO)n1ccc(N)nc1=O. The van der Waals surface area contributed by atoms with Gasteiger partial charge >= 0.3 is 29.2 Å². The number of phosphoric acid groups is 3. The highest BCUT2D eigenvalue weighted by Crippen LogP contribution is 2.66. The molecule has 0 aromatic carbocycles. The number of hydrogen-bond donors (Lipinski definition) is 7. The first-order valence-electron chi connectivity index (χ1n) is 7.99. The lowest BCUT2D eigenvalue weighted by atomic mass is 10.0. The molecule has 8 N–H and O–H groups in total. The molecule has 0 saturated carbocycles. The van der Waals surface area contributed by atoms with Gasteiger partial charge in [-0.05, 0) is 19.9 Å². The second-order valence-corrected chi connectivity index (χ2v) is 10.6. The van der Waals surface area contributed by atoms with Gasteiger partial charge in [-0.1, -0.05) is 0 Å². The number of phosphoric ester groups is 1. The highest BCUT2D eigenvalue weighted by molar-refractivity contribution is 7.66. The first-order valence-corrected chi connectivity index (χ1v) is 12.5. The van der Waals surface area contributed by atoms with Gasteiger partial charge in [-0.15, -0.1) is 0 Å². The maximum Gasteiger partial charge on any atom is 0.490 e. The molecule has 1 rings (SSSR count). The number of aromatic nitrogens is 2. The molecule has 0 amide bonds. The largest absolute Gasteiger partial charge is 0.490 e. The fourth-order valence-electron chi connectivity index (χ4n) is 1.90. The molecule has 0 saturated heterocycles. The second kappa shape index (κ2) is 10.3. The minimum atomic E-state index is -5.74. The van der Waals surface area contributed by atoms with Crippen LogP contribution in [0.15, 0.2) is 17.1 Å². The van der Waals surface area contributed by atoms with Crippen LogP contribution in [0.3, 0.4) is 0 Å². The summed E-state index contributed by atoms with van der Waals surface area (Å²) in [6.45, 7) is 0.407. The number of ether oxygens (including phenoxy) is 1. The van der Waals surface area contributed by atoms with E-state index in [1.807, 2.05) is 0 Å². The molecule has 0 aliphatic rings. The van der Waals surface area contributed by atoms with Crippen LogP contribution >= 0.6 is 23.5 Å². The topological polar surface area (TPSA) is 270 Å². The molecule has 0 aliphatic heterocycles. The molecule has 1 aromatic heterocycles. The monoisotopic (exact) mass is 513 g/mol. The van der Waals surface area contributed by atoms with Crippen molar-refractivity contribution in [3.05, 3.63) is 22.7 Å². The van der Waals surface area contributed by atoms with E-state index in [1.54, 1.807) is 0 Å². The smallest absolute Gasteiger partial charge is 0.392 e. The van der Waals surface area contributed by atoms with E-state index in [9.17, 15) is 33.6 Å². The van der Waals surface area contributed by atoms with Crippen LogP contribution < -0.4 is 11.4 Å². The van der Waals surface area contributed by atoms with E-state index in [-0.39, 0.29) is 5.82 Å². The summed E-state index contributed by atoms with van der Waals surface area (Å²) in [6, 6.07) is 1.21. The average Bonchev–Trinajstić information content (AvgIpc) is 2.55. The van der Waals surface area contributed by atoms with Crippen molar-refractivity contribution in [2.45, 2.75) is 31.8 Å². The van der Waals surface area contributed by atoms with Gasteiger partial charge in [0.2, 0.25) is 0 Å². The van der Waals surface area contributed by atoms with Crippen LogP contribution in [-0.2, 0) is 31.6 Å². The summed E-state index contributed by atoms with van der Waals surface area (Å²) in [5.41, 5.74) is 2.49. The number of nitrogen functional groups attached to an aromatic ring is 1. The Kier molecular flexibility index (Phi) is 9.28. The van der Waals surface area contributed by atoms with Crippen LogP contribution in [0.25, 0.3) is 0 Å². The number of anilines is 1. The molecule has 4 unspecified atom stereocenters. The minimum Gasteiger partial charge on any atom is -0.392 e. The van der Waals surface area contributed by atoms with Crippen LogP contribution in [0.5, 0.6) is 0 Å². The maximum absolute atomic E-state index is 11.9. The van der Waals surface area contributed by atoms with Crippen LogP contribution in [0, 0.1) is 0 Å². The second-order valence-electron chi connectivity index (χ2n) is 6.15. The Balaban J connectivity index is 3.01. The number of rotatable bonds is 12. The van der Waals surface area contributed by atoms with Gasteiger partial charge in [0.25, 0.3) is 0 Å². The van der Waals surface area contributed by atoms with Gasteiger partial charge in [-0.2, -0.15) is 13.6 Å². The van der Waals surface area contributed by atoms with Crippen molar-refractivity contribution in [1.29, 1.82) is 0 Å². The molecule has 1 heterocycles. The first kappa shape index (κ1) is 28.0. The van der Waals surface area contributed by atoms with Gasteiger partial charge in [0.1, 0.15) is 11.4 Å². The van der Waals surface area contributed by atoms with Crippen LogP contribution in [0.4, 0.5) is 5.82 Å². The number of aliphatic hydroxyl groups excluding tert-OH is 2. The van der Waals surface area contributed by atoms with E-state index in [0.717, 1.165) is 24.6 Å². The van der Waals surface area contributed by atoms with Crippen molar-refractivity contribution in [3.8, 4) is 0 Å². The molecule has 31 heavy (non-hydrogen) atoms. The Morgan fingerprint density at radius 2 is 1.77 bits per heavy atom. The molecule has 180 valence electrons. The van der Waals surface area contributed by atoms with Crippen LogP contribution in [0.2, 0.25) is 0 Å². The minimum absolute atomic E-state index is 0.121. The Labute approximate surface area is 174 Å². The summed E-state index contributed by atoms with van der Waals surface area (Å²) in [4.78, 5) is 51.1. The average molecular weight is 513 g/mol. The summed E-state index contributed by atoms with van der Waals surface area (Å²) < 4.78 is 51.7. The Morgan fingerprint density at radius 3 is 2.23 bits per heavy atom. The van der Waals surface area contributed by atoms with Gasteiger partial charge in [-0.25, -0.2) is 18.5 Å². The molecule has 0 radical (unpaired) electrons. The molecular weight excluding hydrogens is 491 g/mol. The number of nitrogens with zero attached hydrogens (tertiary/aromatic N) is 2. The third kappa shape index (κ3) is 9.16.